The number of fused-ring (bicyclic) bond motifs is 2. The minimum absolute atomic E-state index is 0.184. The number of hydrogen-bond donors (Lipinski definition) is 0. The van der Waals surface area contributed by atoms with Crippen LogP contribution in [0.3, 0.4) is 0 Å². The molecule has 2 unspecified atom stereocenters. The lowest BCUT2D eigenvalue weighted by Gasteiger charge is -2.27. The van der Waals surface area contributed by atoms with E-state index in [1.165, 1.54) is 103 Å². The fraction of sp³-hybridized carbons (Fsp3) is 0.140. The van der Waals surface area contributed by atoms with Crippen molar-refractivity contribution in [2.24, 2.45) is 0 Å². The molecule has 0 bridgehead atoms. The first-order valence-electron chi connectivity index (χ1n) is 20.9. The summed E-state index contributed by atoms with van der Waals surface area (Å²) in [6, 6.07) is 45.9. The van der Waals surface area contributed by atoms with Crippen molar-refractivity contribution in [3.8, 4) is 22.3 Å². The fourth-order valence-electron chi connectivity index (χ4n) is 9.53. The summed E-state index contributed by atoms with van der Waals surface area (Å²) >= 11 is 0. The highest BCUT2D eigenvalue weighted by Gasteiger charge is 2.24. The summed E-state index contributed by atoms with van der Waals surface area (Å²) in [4.78, 5) is 2.29. The van der Waals surface area contributed by atoms with Crippen LogP contribution in [0.1, 0.15) is 66.3 Å². The Morgan fingerprint density at radius 2 is 1.33 bits per heavy atom. The Balaban J connectivity index is 1.22. The second kappa shape index (κ2) is 15.7. The van der Waals surface area contributed by atoms with Gasteiger partial charge in [-0.2, -0.15) is 0 Å². The van der Waals surface area contributed by atoms with Crippen LogP contribution < -0.4 is 0 Å². The molecule has 0 saturated carbocycles. The zero-order valence-electron chi connectivity index (χ0n) is 33.1. The molecule has 0 spiro atoms. The van der Waals surface area contributed by atoms with Gasteiger partial charge < -0.3 is 4.90 Å². The molecule has 0 aromatic heterocycles. The minimum Gasteiger partial charge on any atom is -0.370 e. The molecule has 0 N–H and O–H groups in total. The van der Waals surface area contributed by atoms with E-state index in [0.717, 1.165) is 12.0 Å². The quantitative estimate of drug-likeness (QED) is 0.116. The van der Waals surface area contributed by atoms with Crippen molar-refractivity contribution in [2.45, 2.75) is 44.1 Å². The van der Waals surface area contributed by atoms with Gasteiger partial charge in [0, 0.05) is 13.0 Å². The smallest absolute Gasteiger partial charge is 0.0721 e. The summed E-state index contributed by atoms with van der Waals surface area (Å²) in [5, 5.41) is 5.06. The first-order valence-corrected chi connectivity index (χ1v) is 20.9. The van der Waals surface area contributed by atoms with Crippen LogP contribution >= 0.6 is 0 Å². The molecule has 0 radical (unpaired) electrons. The number of allylic oxidation sites excluding steroid dienone is 13. The van der Waals surface area contributed by atoms with Gasteiger partial charge in [-0.25, -0.2) is 0 Å². The topological polar surface area (TPSA) is 3.24 Å². The maximum atomic E-state index is 3.33. The highest BCUT2D eigenvalue weighted by molar-refractivity contribution is 6.22. The zero-order chi connectivity index (χ0) is 38.8. The van der Waals surface area contributed by atoms with E-state index in [0.29, 0.717) is 5.92 Å². The third-order valence-corrected chi connectivity index (χ3v) is 12.4. The predicted octanol–water partition coefficient (Wildman–Crippen LogP) is 15.0. The number of likely N-dealkylation sites (N-methyl/N-ethyl adjacent to an activating group) is 1. The van der Waals surface area contributed by atoms with E-state index in [2.05, 4.69) is 200 Å². The molecule has 58 heavy (non-hydrogen) atoms. The van der Waals surface area contributed by atoms with Crippen molar-refractivity contribution >= 4 is 32.7 Å². The van der Waals surface area contributed by atoms with Crippen LogP contribution in [0.15, 0.2) is 211 Å². The van der Waals surface area contributed by atoms with Gasteiger partial charge in [0.2, 0.25) is 0 Å². The maximum absolute atomic E-state index is 3.33. The van der Waals surface area contributed by atoms with E-state index in [1.807, 2.05) is 12.2 Å². The molecule has 1 heterocycles. The number of rotatable bonds is 7. The Labute approximate surface area is 343 Å². The van der Waals surface area contributed by atoms with E-state index in [1.54, 1.807) is 5.57 Å². The van der Waals surface area contributed by atoms with E-state index < -0.39 is 0 Å². The van der Waals surface area contributed by atoms with Gasteiger partial charge >= 0.3 is 0 Å². The fourth-order valence-corrected chi connectivity index (χ4v) is 9.53. The summed E-state index contributed by atoms with van der Waals surface area (Å²) in [5.41, 5.74) is 19.0. The van der Waals surface area contributed by atoms with Crippen LogP contribution in [0.5, 0.6) is 0 Å². The van der Waals surface area contributed by atoms with Crippen molar-refractivity contribution in [1.29, 1.82) is 0 Å². The zero-order valence-corrected chi connectivity index (χ0v) is 33.1. The van der Waals surface area contributed by atoms with Gasteiger partial charge in [-0.15, -0.1) is 5.73 Å². The summed E-state index contributed by atoms with van der Waals surface area (Å²) in [6.07, 6.45) is 32.6. The number of benzene rings is 6. The molecule has 0 saturated heterocycles. The van der Waals surface area contributed by atoms with Gasteiger partial charge in [0.25, 0.3) is 0 Å². The van der Waals surface area contributed by atoms with E-state index >= 15 is 0 Å². The van der Waals surface area contributed by atoms with E-state index in [4.69, 9.17) is 0 Å². The average Bonchev–Trinajstić information content (AvgIpc) is 3.59. The van der Waals surface area contributed by atoms with Crippen molar-refractivity contribution in [2.75, 3.05) is 7.05 Å². The Bertz CT molecular complexity index is 2860. The molecule has 1 nitrogen and oxygen atoms in total. The Morgan fingerprint density at radius 1 is 0.586 bits per heavy atom. The van der Waals surface area contributed by atoms with Crippen molar-refractivity contribution in [3.05, 3.63) is 233 Å². The third kappa shape index (κ3) is 6.89. The number of hydrogen-bond acceptors (Lipinski definition) is 1. The largest absolute Gasteiger partial charge is 0.370 e. The second-order valence-corrected chi connectivity index (χ2v) is 16.1. The van der Waals surface area contributed by atoms with Crippen LogP contribution in [-0.4, -0.2) is 11.9 Å². The normalized spacial score (nSPS) is 18.9. The summed E-state index contributed by atoms with van der Waals surface area (Å²) in [7, 11) is 2.16. The van der Waals surface area contributed by atoms with Crippen molar-refractivity contribution in [1.82, 2.24) is 4.90 Å². The van der Waals surface area contributed by atoms with E-state index in [9.17, 15) is 0 Å². The lowest BCUT2D eigenvalue weighted by atomic mass is 9.78. The lowest BCUT2D eigenvalue weighted by Crippen LogP contribution is -2.18. The molecule has 1 aliphatic heterocycles. The molecule has 6 aromatic carbocycles. The maximum Gasteiger partial charge on any atom is 0.0721 e. The second-order valence-electron chi connectivity index (χ2n) is 16.1. The first kappa shape index (κ1) is 35.7. The molecule has 3 aliphatic carbocycles. The molecule has 0 amide bonds. The Kier molecular flexibility index (Phi) is 9.67. The highest BCUT2D eigenvalue weighted by Crippen LogP contribution is 2.47. The molecule has 10 rings (SSSR count). The first-order chi connectivity index (χ1) is 28.7. The molecule has 4 aliphatic rings. The number of nitrogens with zero attached hydrogens (tertiary/aromatic N) is 1. The van der Waals surface area contributed by atoms with Gasteiger partial charge in [0.15, 0.2) is 0 Å². The lowest BCUT2D eigenvalue weighted by molar-refractivity contribution is 0.390. The standard InChI is InChI=1S/C57H47N/c1-58-33-15-14-30-55(58)45-25-17-27-47(35-45)56-51-28-12-13-29-52(51)57(46-26-16-24-43(34-46)40-18-6-2-3-7-19-40)54-39-44(31-32-53(54)56)50-37-48(41-20-8-4-9-21-41)36-49(38-50)42-22-10-5-11-23-42/h2-4,6,8-9,12-22,24-35,37-39,48,55H,5,10-11,23,36H2,1H3. The average molecular weight is 746 g/mol. The minimum atomic E-state index is 0.184. The summed E-state index contributed by atoms with van der Waals surface area (Å²) in [5.74, 6) is 0.326. The highest BCUT2D eigenvalue weighted by atomic mass is 15.1. The van der Waals surface area contributed by atoms with Gasteiger partial charge in [-0.1, -0.05) is 152 Å². The van der Waals surface area contributed by atoms with Crippen LogP contribution in [0.2, 0.25) is 0 Å². The van der Waals surface area contributed by atoms with Gasteiger partial charge in [-0.05, 0) is 163 Å². The van der Waals surface area contributed by atoms with Crippen LogP contribution in [0.25, 0.3) is 54.9 Å². The monoisotopic (exact) mass is 745 g/mol. The Morgan fingerprint density at radius 3 is 2.16 bits per heavy atom. The summed E-state index contributed by atoms with van der Waals surface area (Å²) in [6.45, 7) is 0. The molecule has 1 heteroatoms. The SMILES string of the molecule is CN1C=CC=CC1c1cccc(-c2c3ccccc3c(-c3cccc(C4=CC=CC=C=C4)c3)c3cc(C4=CC(c5ccccc5)CC(C5=CCCCC5)=C4)ccc23)c1. The molecular formula is C57H47N. The van der Waals surface area contributed by atoms with Crippen molar-refractivity contribution < 1.29 is 0 Å². The van der Waals surface area contributed by atoms with Crippen LogP contribution in [-0.2, 0) is 0 Å². The van der Waals surface area contributed by atoms with Gasteiger partial charge in [0.1, 0.15) is 0 Å². The van der Waals surface area contributed by atoms with Gasteiger partial charge in [0.05, 0.1) is 6.04 Å². The molecule has 280 valence electrons. The Hall–Kier alpha value is -6.66. The molecule has 6 aromatic rings. The van der Waals surface area contributed by atoms with Crippen LogP contribution in [0.4, 0.5) is 0 Å². The predicted molar refractivity (Wildman–Crippen MR) is 247 cm³/mol. The van der Waals surface area contributed by atoms with Gasteiger partial charge in [-0.3, -0.25) is 0 Å². The van der Waals surface area contributed by atoms with E-state index in [-0.39, 0.29) is 6.04 Å². The molecule has 2 atom stereocenters. The third-order valence-electron chi connectivity index (χ3n) is 12.4. The molecular weight excluding hydrogens is 699 g/mol. The van der Waals surface area contributed by atoms with Crippen LogP contribution in [0, 0.1) is 0 Å². The molecule has 0 fully saturated rings. The van der Waals surface area contributed by atoms with Crippen molar-refractivity contribution in [3.63, 3.8) is 0 Å². The summed E-state index contributed by atoms with van der Waals surface area (Å²) < 4.78 is 0.